The Morgan fingerprint density at radius 3 is 2.84 bits per heavy atom. The number of furan rings is 1. The Kier molecular flexibility index (Phi) is 4.09. The van der Waals surface area contributed by atoms with Crippen LogP contribution in [-0.2, 0) is 6.54 Å². The van der Waals surface area contributed by atoms with Gasteiger partial charge in [-0.15, -0.1) is 6.42 Å². The first-order chi connectivity index (χ1) is 9.26. The van der Waals surface area contributed by atoms with E-state index < -0.39 is 0 Å². The molecule has 0 saturated carbocycles. The minimum Gasteiger partial charge on any atom is -0.459 e. The van der Waals surface area contributed by atoms with Crippen LogP contribution in [-0.4, -0.2) is 19.6 Å². The van der Waals surface area contributed by atoms with Gasteiger partial charge in [0, 0.05) is 18.0 Å². The van der Waals surface area contributed by atoms with Gasteiger partial charge in [-0.3, -0.25) is 4.99 Å². The van der Waals surface area contributed by atoms with Crippen molar-refractivity contribution in [2.45, 2.75) is 13.5 Å². The molecule has 0 saturated heterocycles. The van der Waals surface area contributed by atoms with Gasteiger partial charge >= 0.3 is 0 Å². The van der Waals surface area contributed by atoms with Gasteiger partial charge in [-0.1, -0.05) is 24.1 Å². The smallest absolute Gasteiger partial charge is 0.192 e. The van der Waals surface area contributed by atoms with Crippen molar-refractivity contribution in [2.24, 2.45) is 4.99 Å². The van der Waals surface area contributed by atoms with E-state index in [1.54, 1.807) is 7.05 Å². The molecule has 2 aromatic rings. The zero-order chi connectivity index (χ0) is 13.7. The number of para-hydroxylation sites is 1. The first kappa shape index (κ1) is 13.0. The van der Waals surface area contributed by atoms with Gasteiger partial charge in [0.05, 0.1) is 13.1 Å². The molecule has 0 unspecified atom stereocenters. The Balaban J connectivity index is 2.09. The van der Waals surface area contributed by atoms with E-state index in [1.165, 1.54) is 0 Å². The molecule has 0 atom stereocenters. The molecular formula is C15H17N3O. The average Bonchev–Trinajstić information content (AvgIpc) is 2.76. The Labute approximate surface area is 112 Å². The van der Waals surface area contributed by atoms with Crippen LogP contribution in [0.5, 0.6) is 0 Å². The van der Waals surface area contributed by atoms with Gasteiger partial charge in [0.25, 0.3) is 0 Å². The topological polar surface area (TPSA) is 49.6 Å². The number of rotatable bonds is 3. The predicted molar refractivity (Wildman–Crippen MR) is 78.0 cm³/mol. The van der Waals surface area contributed by atoms with E-state index in [2.05, 4.69) is 34.5 Å². The van der Waals surface area contributed by atoms with Crippen molar-refractivity contribution in [1.82, 2.24) is 10.6 Å². The molecule has 4 nitrogen and oxygen atoms in total. The van der Waals surface area contributed by atoms with E-state index in [4.69, 9.17) is 10.8 Å². The first-order valence-electron chi connectivity index (χ1n) is 6.11. The summed E-state index contributed by atoms with van der Waals surface area (Å²) in [5, 5.41) is 7.32. The Hall–Kier alpha value is -2.41. The zero-order valence-corrected chi connectivity index (χ0v) is 11.2. The highest BCUT2D eigenvalue weighted by Gasteiger charge is 2.09. The average molecular weight is 255 g/mol. The van der Waals surface area contributed by atoms with Crippen molar-refractivity contribution < 1.29 is 4.42 Å². The molecule has 19 heavy (non-hydrogen) atoms. The molecule has 4 heteroatoms. The fourth-order valence-electron chi connectivity index (χ4n) is 1.91. The number of aryl methyl sites for hydroxylation is 1. The van der Waals surface area contributed by atoms with Crippen molar-refractivity contribution in [3.63, 3.8) is 0 Å². The van der Waals surface area contributed by atoms with Crippen LogP contribution in [0.15, 0.2) is 33.7 Å². The molecule has 0 amide bonds. The molecule has 2 rings (SSSR count). The Bertz CT molecular complexity index is 634. The van der Waals surface area contributed by atoms with Crippen LogP contribution in [0.3, 0.4) is 0 Å². The molecule has 0 aliphatic carbocycles. The van der Waals surface area contributed by atoms with E-state index >= 15 is 0 Å². The van der Waals surface area contributed by atoms with Crippen LogP contribution in [0.4, 0.5) is 0 Å². The van der Waals surface area contributed by atoms with E-state index in [0.717, 1.165) is 22.3 Å². The van der Waals surface area contributed by atoms with Crippen molar-refractivity contribution in [1.29, 1.82) is 0 Å². The zero-order valence-electron chi connectivity index (χ0n) is 11.2. The summed E-state index contributed by atoms with van der Waals surface area (Å²) in [6.07, 6.45) is 5.20. The maximum atomic E-state index is 5.81. The lowest BCUT2D eigenvalue weighted by Crippen LogP contribution is -2.36. The van der Waals surface area contributed by atoms with Gasteiger partial charge in [0.2, 0.25) is 0 Å². The Morgan fingerprint density at radius 1 is 1.37 bits per heavy atom. The first-order valence-corrected chi connectivity index (χ1v) is 6.11. The monoisotopic (exact) mass is 255 g/mol. The number of aliphatic imine (C=N–C) groups is 1. The maximum absolute atomic E-state index is 5.81. The van der Waals surface area contributed by atoms with Crippen molar-refractivity contribution in [2.75, 3.05) is 13.6 Å². The molecule has 98 valence electrons. The second-order valence-electron chi connectivity index (χ2n) is 4.13. The van der Waals surface area contributed by atoms with Gasteiger partial charge in [0.1, 0.15) is 11.3 Å². The van der Waals surface area contributed by atoms with Crippen LogP contribution < -0.4 is 10.6 Å². The van der Waals surface area contributed by atoms with E-state index in [-0.39, 0.29) is 0 Å². The summed E-state index contributed by atoms with van der Waals surface area (Å²) in [5.41, 5.74) is 2.05. The second-order valence-corrected chi connectivity index (χ2v) is 4.13. The molecule has 2 N–H and O–H groups in total. The van der Waals surface area contributed by atoms with Crippen LogP contribution in [0.1, 0.15) is 11.3 Å². The molecule has 1 aromatic heterocycles. The second kappa shape index (κ2) is 5.96. The fraction of sp³-hybridized carbons (Fsp3) is 0.267. The molecule has 0 aliphatic rings. The van der Waals surface area contributed by atoms with E-state index in [9.17, 15) is 0 Å². The third kappa shape index (κ3) is 2.89. The molecule has 0 aliphatic heterocycles. The van der Waals surface area contributed by atoms with Crippen molar-refractivity contribution in [3.05, 3.63) is 35.6 Å². The summed E-state index contributed by atoms with van der Waals surface area (Å²) in [6, 6.07) is 8.01. The lowest BCUT2D eigenvalue weighted by Gasteiger charge is -2.08. The lowest BCUT2D eigenvalue weighted by molar-refractivity contribution is 0.535. The summed E-state index contributed by atoms with van der Waals surface area (Å²) in [7, 11) is 1.71. The Morgan fingerprint density at radius 2 is 2.16 bits per heavy atom. The van der Waals surface area contributed by atoms with Crippen LogP contribution >= 0.6 is 0 Å². The van der Waals surface area contributed by atoms with Gasteiger partial charge in [-0.2, -0.15) is 0 Å². The molecular weight excluding hydrogens is 238 g/mol. The number of fused-ring (bicyclic) bond motifs is 1. The lowest BCUT2D eigenvalue weighted by atomic mass is 10.1. The minimum absolute atomic E-state index is 0.443. The molecule has 0 spiro atoms. The van der Waals surface area contributed by atoms with E-state index in [1.807, 2.05) is 18.2 Å². The van der Waals surface area contributed by atoms with Gasteiger partial charge in [-0.05, 0) is 13.0 Å². The molecule has 1 heterocycles. The third-order valence-electron chi connectivity index (χ3n) is 2.94. The predicted octanol–water partition coefficient (Wildman–Crippen LogP) is 2.04. The number of nitrogens with zero attached hydrogens (tertiary/aromatic N) is 1. The summed E-state index contributed by atoms with van der Waals surface area (Å²) in [5.74, 6) is 4.08. The maximum Gasteiger partial charge on any atom is 0.192 e. The number of guanidine groups is 1. The summed E-state index contributed by atoms with van der Waals surface area (Å²) < 4.78 is 5.81. The normalized spacial score (nSPS) is 11.3. The number of nitrogens with one attached hydrogen (secondary N) is 2. The quantitative estimate of drug-likeness (QED) is 0.501. The van der Waals surface area contributed by atoms with Crippen molar-refractivity contribution >= 4 is 16.9 Å². The molecule has 1 aromatic carbocycles. The highest BCUT2D eigenvalue weighted by molar-refractivity contribution is 5.83. The SMILES string of the molecule is C#CCNC(=NC)NCc1oc2ccccc2c1C. The van der Waals surface area contributed by atoms with Gasteiger partial charge in [-0.25, -0.2) is 0 Å². The van der Waals surface area contributed by atoms with Crippen LogP contribution in [0, 0.1) is 19.3 Å². The summed E-state index contributed by atoms with van der Waals surface area (Å²) in [6.45, 7) is 3.07. The van der Waals surface area contributed by atoms with Gasteiger partial charge < -0.3 is 15.1 Å². The third-order valence-corrected chi connectivity index (χ3v) is 2.94. The fourth-order valence-corrected chi connectivity index (χ4v) is 1.91. The highest BCUT2D eigenvalue weighted by Crippen LogP contribution is 2.24. The number of terminal acetylenes is 1. The van der Waals surface area contributed by atoms with Crippen molar-refractivity contribution in [3.8, 4) is 12.3 Å². The molecule has 0 bridgehead atoms. The number of benzene rings is 1. The molecule has 0 fully saturated rings. The minimum atomic E-state index is 0.443. The summed E-state index contributed by atoms with van der Waals surface area (Å²) >= 11 is 0. The van der Waals surface area contributed by atoms with Crippen LogP contribution in [0.25, 0.3) is 11.0 Å². The van der Waals surface area contributed by atoms with Gasteiger partial charge in [0.15, 0.2) is 5.96 Å². The largest absolute Gasteiger partial charge is 0.459 e. The standard InChI is InChI=1S/C15H17N3O/c1-4-9-17-15(16-3)18-10-14-11(2)12-7-5-6-8-13(12)19-14/h1,5-8H,9-10H2,2-3H3,(H2,16,17,18). The van der Waals surface area contributed by atoms with E-state index in [0.29, 0.717) is 19.0 Å². The summed E-state index contributed by atoms with van der Waals surface area (Å²) in [4.78, 5) is 4.08. The highest BCUT2D eigenvalue weighted by atomic mass is 16.3. The number of hydrogen-bond acceptors (Lipinski definition) is 2. The number of hydrogen-bond donors (Lipinski definition) is 2. The molecule has 0 radical (unpaired) electrons. The van der Waals surface area contributed by atoms with Crippen LogP contribution in [0.2, 0.25) is 0 Å².